The van der Waals surface area contributed by atoms with Crippen molar-refractivity contribution in [3.8, 4) is 0 Å². The Morgan fingerprint density at radius 3 is 2.87 bits per heavy atom. The lowest BCUT2D eigenvalue weighted by Crippen LogP contribution is -1.96. The van der Waals surface area contributed by atoms with E-state index in [9.17, 15) is 0 Å². The van der Waals surface area contributed by atoms with E-state index in [0.29, 0.717) is 12.4 Å². The minimum absolute atomic E-state index is 0.0286. The molecular formula is C14H17N5O2S2. The van der Waals surface area contributed by atoms with Gasteiger partial charge >= 0.3 is 0 Å². The van der Waals surface area contributed by atoms with Crippen LogP contribution >= 0.6 is 23.1 Å². The van der Waals surface area contributed by atoms with Crippen LogP contribution in [0.3, 0.4) is 0 Å². The molecule has 3 rings (SSSR count). The van der Waals surface area contributed by atoms with Gasteiger partial charge in [-0.15, -0.1) is 10.2 Å². The third kappa shape index (κ3) is 4.11. The first-order chi connectivity index (χ1) is 11.1. The Bertz CT molecular complexity index is 738. The summed E-state index contributed by atoms with van der Waals surface area (Å²) in [7, 11) is 0. The van der Waals surface area contributed by atoms with E-state index in [1.165, 1.54) is 11.3 Å². The summed E-state index contributed by atoms with van der Waals surface area (Å²) in [5, 5.41) is 16.3. The molecule has 0 radical (unpaired) electrons. The van der Waals surface area contributed by atoms with Gasteiger partial charge in [-0.05, 0) is 19.1 Å². The Morgan fingerprint density at radius 1 is 1.30 bits per heavy atom. The zero-order valence-electron chi connectivity index (χ0n) is 13.0. The molecule has 0 aliphatic rings. The first-order valence-corrected chi connectivity index (χ1v) is 8.91. The first kappa shape index (κ1) is 16.0. The van der Waals surface area contributed by atoms with Crippen molar-refractivity contribution >= 4 is 28.2 Å². The topological polar surface area (TPSA) is 89.9 Å². The number of rotatable bonds is 7. The monoisotopic (exact) mass is 351 g/mol. The molecule has 3 aromatic rings. The van der Waals surface area contributed by atoms with Crippen molar-refractivity contribution in [2.24, 2.45) is 0 Å². The molecule has 23 heavy (non-hydrogen) atoms. The number of nitrogens with one attached hydrogen (secondary N) is 1. The van der Waals surface area contributed by atoms with E-state index in [-0.39, 0.29) is 11.2 Å². The number of anilines is 1. The fourth-order valence-electron chi connectivity index (χ4n) is 1.75. The molecule has 122 valence electrons. The molecule has 7 nitrogen and oxygen atoms in total. The molecule has 1 unspecified atom stereocenters. The van der Waals surface area contributed by atoms with E-state index < -0.39 is 0 Å². The molecule has 0 bridgehead atoms. The second-order valence-corrected chi connectivity index (χ2v) is 7.78. The highest BCUT2D eigenvalue weighted by atomic mass is 32.2. The zero-order valence-corrected chi connectivity index (χ0v) is 14.6. The molecule has 0 aliphatic heterocycles. The lowest BCUT2D eigenvalue weighted by Gasteiger charge is -2.01. The summed E-state index contributed by atoms with van der Waals surface area (Å²) in [6.07, 6.45) is 1.65. The van der Waals surface area contributed by atoms with Crippen LogP contribution in [-0.4, -0.2) is 20.3 Å². The highest BCUT2D eigenvalue weighted by Gasteiger charge is 2.19. The summed E-state index contributed by atoms with van der Waals surface area (Å²) < 4.78 is 11.4. The smallest absolute Gasteiger partial charge is 0.239 e. The fraction of sp³-hybridized carbons (Fsp3) is 0.429. The van der Waals surface area contributed by atoms with Crippen LogP contribution in [0.15, 0.2) is 31.7 Å². The van der Waals surface area contributed by atoms with Crippen LogP contribution in [-0.2, 0) is 6.54 Å². The third-order valence-corrected chi connectivity index (χ3v) is 5.05. The van der Waals surface area contributed by atoms with Crippen LogP contribution < -0.4 is 5.32 Å². The molecule has 0 spiro atoms. The van der Waals surface area contributed by atoms with Gasteiger partial charge in [-0.3, -0.25) is 0 Å². The Balaban J connectivity index is 1.57. The molecule has 1 atom stereocenters. The molecule has 3 heterocycles. The lowest BCUT2D eigenvalue weighted by atomic mass is 10.2. The van der Waals surface area contributed by atoms with E-state index in [2.05, 4.69) is 25.7 Å². The van der Waals surface area contributed by atoms with Crippen molar-refractivity contribution in [3.05, 3.63) is 35.9 Å². The Morgan fingerprint density at radius 2 is 2.17 bits per heavy atom. The maximum absolute atomic E-state index is 5.31. The van der Waals surface area contributed by atoms with Crippen LogP contribution in [0.4, 0.5) is 5.13 Å². The van der Waals surface area contributed by atoms with Gasteiger partial charge in [-0.1, -0.05) is 42.1 Å². The number of aromatic nitrogens is 4. The number of thioether (sulfide) groups is 1. The van der Waals surface area contributed by atoms with Crippen LogP contribution in [0.25, 0.3) is 0 Å². The second kappa shape index (κ2) is 7.14. The second-order valence-electron chi connectivity index (χ2n) is 5.21. The van der Waals surface area contributed by atoms with Crippen molar-refractivity contribution in [2.45, 2.75) is 42.8 Å². The van der Waals surface area contributed by atoms with Crippen molar-refractivity contribution < 1.29 is 8.94 Å². The summed E-state index contributed by atoms with van der Waals surface area (Å²) in [4.78, 5) is 4.41. The number of hydrogen-bond acceptors (Lipinski definition) is 9. The molecular weight excluding hydrogens is 334 g/mol. The van der Waals surface area contributed by atoms with Crippen molar-refractivity contribution in [3.63, 3.8) is 0 Å². The highest BCUT2D eigenvalue weighted by molar-refractivity contribution is 8.01. The van der Waals surface area contributed by atoms with Crippen LogP contribution in [0.5, 0.6) is 0 Å². The van der Waals surface area contributed by atoms with Crippen molar-refractivity contribution in [2.75, 3.05) is 5.32 Å². The predicted octanol–water partition coefficient (Wildman–Crippen LogP) is 4.10. The highest BCUT2D eigenvalue weighted by Crippen LogP contribution is 2.37. The molecule has 0 aromatic carbocycles. The molecule has 9 heteroatoms. The van der Waals surface area contributed by atoms with Crippen LogP contribution in [0, 0.1) is 0 Å². The van der Waals surface area contributed by atoms with E-state index in [0.717, 1.165) is 21.1 Å². The largest absolute Gasteiger partial charge is 0.467 e. The Kier molecular flexibility index (Phi) is 4.97. The lowest BCUT2D eigenvalue weighted by molar-refractivity contribution is 0.373. The van der Waals surface area contributed by atoms with Crippen molar-refractivity contribution in [1.82, 2.24) is 20.3 Å². The summed E-state index contributed by atoms with van der Waals surface area (Å²) >= 11 is 3.04. The minimum atomic E-state index is 0.0286. The quantitative estimate of drug-likeness (QED) is 0.636. The summed E-state index contributed by atoms with van der Waals surface area (Å²) in [6.45, 7) is 6.67. The third-order valence-electron chi connectivity index (χ3n) is 3.00. The fourth-order valence-corrected chi connectivity index (χ4v) is 3.68. The van der Waals surface area contributed by atoms with Gasteiger partial charge in [0.2, 0.25) is 11.0 Å². The van der Waals surface area contributed by atoms with E-state index in [1.54, 1.807) is 18.0 Å². The number of nitrogens with zero attached hydrogens (tertiary/aromatic N) is 4. The molecule has 0 amide bonds. The molecule has 0 fully saturated rings. The Hall–Kier alpha value is -1.87. The van der Waals surface area contributed by atoms with Gasteiger partial charge in [0.05, 0.1) is 18.1 Å². The minimum Gasteiger partial charge on any atom is -0.467 e. The molecule has 3 aromatic heterocycles. The van der Waals surface area contributed by atoms with Gasteiger partial charge in [0.1, 0.15) is 5.76 Å². The van der Waals surface area contributed by atoms with Crippen LogP contribution in [0.2, 0.25) is 0 Å². The van der Waals surface area contributed by atoms with Gasteiger partial charge in [0, 0.05) is 5.92 Å². The predicted molar refractivity (Wildman–Crippen MR) is 88.6 cm³/mol. The van der Waals surface area contributed by atoms with Crippen molar-refractivity contribution in [1.29, 1.82) is 0 Å². The van der Waals surface area contributed by atoms with E-state index in [1.807, 2.05) is 32.9 Å². The average Bonchev–Trinajstić information content (AvgIpc) is 3.26. The number of furan rings is 1. The van der Waals surface area contributed by atoms with Gasteiger partial charge < -0.3 is 14.3 Å². The molecule has 0 saturated heterocycles. The number of hydrogen-bond donors (Lipinski definition) is 1. The molecule has 0 aliphatic carbocycles. The SMILES string of the molecule is CC(C)c1noc(C(C)Sc2nnc(NCc3ccco3)s2)n1. The zero-order chi connectivity index (χ0) is 16.2. The van der Waals surface area contributed by atoms with Gasteiger partial charge in [-0.25, -0.2) is 0 Å². The van der Waals surface area contributed by atoms with E-state index >= 15 is 0 Å². The first-order valence-electron chi connectivity index (χ1n) is 7.21. The normalized spacial score (nSPS) is 12.7. The molecule has 0 saturated carbocycles. The maximum atomic E-state index is 5.31. The Labute approximate surface area is 141 Å². The van der Waals surface area contributed by atoms with Gasteiger partial charge in [0.15, 0.2) is 10.2 Å². The summed E-state index contributed by atoms with van der Waals surface area (Å²) in [6, 6.07) is 3.77. The average molecular weight is 351 g/mol. The summed E-state index contributed by atoms with van der Waals surface area (Å²) in [5.41, 5.74) is 0. The van der Waals surface area contributed by atoms with Crippen LogP contribution in [0.1, 0.15) is 49.4 Å². The molecule has 1 N–H and O–H groups in total. The van der Waals surface area contributed by atoms with Gasteiger partial charge in [0.25, 0.3) is 0 Å². The maximum Gasteiger partial charge on any atom is 0.239 e. The standard InChI is InChI=1S/C14H17N5O2S2/c1-8(2)11-16-12(21-19-11)9(3)22-14-18-17-13(23-14)15-7-10-5-4-6-20-10/h4-6,8-9H,7H2,1-3H3,(H,15,17). The van der Waals surface area contributed by atoms with E-state index in [4.69, 9.17) is 8.94 Å². The summed E-state index contributed by atoms with van der Waals surface area (Å²) in [5.74, 6) is 2.45. The van der Waals surface area contributed by atoms with Gasteiger partial charge in [-0.2, -0.15) is 4.98 Å².